The van der Waals surface area contributed by atoms with Gasteiger partial charge in [-0.15, -0.1) is 0 Å². The van der Waals surface area contributed by atoms with E-state index in [4.69, 9.17) is 11.6 Å². The van der Waals surface area contributed by atoms with Gasteiger partial charge in [0.1, 0.15) is 29.7 Å². The Kier molecular flexibility index (Phi) is 3.34. The van der Waals surface area contributed by atoms with E-state index in [1.165, 1.54) is 17.3 Å². The van der Waals surface area contributed by atoms with Crippen LogP contribution in [0.25, 0.3) is 0 Å². The Balaban J connectivity index is 2.07. The van der Waals surface area contributed by atoms with Crippen molar-refractivity contribution in [2.45, 2.75) is 13.0 Å². The van der Waals surface area contributed by atoms with Crippen molar-refractivity contribution in [2.24, 2.45) is 0 Å². The summed E-state index contributed by atoms with van der Waals surface area (Å²) in [4.78, 5) is 19.6. The lowest BCUT2D eigenvalue weighted by Gasteiger charge is -2.11. The fraction of sp³-hybridized carbons (Fsp3) is 0.200. The quantitative estimate of drug-likeness (QED) is 0.840. The molecule has 0 saturated carbocycles. The number of hydrogen-bond acceptors (Lipinski definition) is 4. The maximum absolute atomic E-state index is 11.8. The molecule has 0 fully saturated rings. The molecule has 2 rings (SSSR count). The monoisotopic (exact) mass is 251 g/mol. The van der Waals surface area contributed by atoms with E-state index in [1.807, 2.05) is 0 Å². The van der Waals surface area contributed by atoms with Crippen molar-refractivity contribution in [3.63, 3.8) is 0 Å². The second kappa shape index (κ2) is 4.92. The molecule has 6 nitrogen and oxygen atoms in total. The Morgan fingerprint density at radius 3 is 3.00 bits per heavy atom. The Bertz CT molecular complexity index is 513. The van der Waals surface area contributed by atoms with Crippen LogP contribution in [-0.2, 0) is 4.79 Å². The van der Waals surface area contributed by atoms with Crippen LogP contribution in [0.5, 0.6) is 0 Å². The Morgan fingerprint density at radius 2 is 2.35 bits per heavy atom. The maximum Gasteiger partial charge on any atom is 0.250 e. The van der Waals surface area contributed by atoms with E-state index in [0.29, 0.717) is 11.0 Å². The third kappa shape index (κ3) is 2.79. The molecule has 1 amide bonds. The van der Waals surface area contributed by atoms with Crippen molar-refractivity contribution >= 4 is 23.3 Å². The smallest absolute Gasteiger partial charge is 0.250 e. The van der Waals surface area contributed by atoms with E-state index < -0.39 is 6.04 Å². The van der Waals surface area contributed by atoms with Crippen molar-refractivity contribution in [1.82, 2.24) is 19.7 Å². The molecule has 2 heterocycles. The summed E-state index contributed by atoms with van der Waals surface area (Å²) in [5.74, 6) is 0.180. The summed E-state index contributed by atoms with van der Waals surface area (Å²) in [5, 5.41) is 6.87. The molecule has 0 saturated heterocycles. The molecule has 1 atom stereocenters. The average molecular weight is 252 g/mol. The number of aromatic nitrogens is 4. The summed E-state index contributed by atoms with van der Waals surface area (Å²) in [7, 11) is 0. The predicted molar refractivity (Wildman–Crippen MR) is 62.6 cm³/mol. The van der Waals surface area contributed by atoms with Crippen molar-refractivity contribution < 1.29 is 4.79 Å². The van der Waals surface area contributed by atoms with Crippen molar-refractivity contribution in [2.75, 3.05) is 5.32 Å². The van der Waals surface area contributed by atoms with Gasteiger partial charge in [0.05, 0.1) is 0 Å². The van der Waals surface area contributed by atoms with E-state index in [9.17, 15) is 4.79 Å². The summed E-state index contributed by atoms with van der Waals surface area (Å²) >= 11 is 5.72. The topological polar surface area (TPSA) is 72.7 Å². The molecule has 2 aromatic rings. The van der Waals surface area contributed by atoms with Gasteiger partial charge >= 0.3 is 0 Å². The number of halogens is 1. The van der Waals surface area contributed by atoms with Crippen LogP contribution in [-0.4, -0.2) is 25.7 Å². The number of rotatable bonds is 3. The molecule has 0 radical (unpaired) electrons. The van der Waals surface area contributed by atoms with Gasteiger partial charge in [0.25, 0.3) is 0 Å². The summed E-state index contributed by atoms with van der Waals surface area (Å²) in [6, 6.07) is 4.55. The fourth-order valence-corrected chi connectivity index (χ4v) is 1.41. The van der Waals surface area contributed by atoms with Crippen LogP contribution in [0.15, 0.2) is 30.9 Å². The maximum atomic E-state index is 11.8. The second-order valence-electron chi connectivity index (χ2n) is 3.39. The molecule has 0 bridgehead atoms. The second-order valence-corrected chi connectivity index (χ2v) is 3.77. The van der Waals surface area contributed by atoms with Gasteiger partial charge in [-0.2, -0.15) is 5.10 Å². The number of nitrogens with zero attached hydrogens (tertiary/aromatic N) is 4. The first-order valence-corrected chi connectivity index (χ1v) is 5.32. The number of anilines is 1. The molecule has 1 unspecified atom stereocenters. The zero-order valence-electron chi connectivity index (χ0n) is 9.04. The lowest BCUT2D eigenvalue weighted by atomic mass is 10.3. The number of amides is 1. The first-order valence-electron chi connectivity index (χ1n) is 4.94. The predicted octanol–water partition coefficient (Wildman–Crippen LogP) is 1.53. The Labute approximate surface area is 103 Å². The minimum absolute atomic E-state index is 0.231. The van der Waals surface area contributed by atoms with Crippen LogP contribution in [0.1, 0.15) is 13.0 Å². The van der Waals surface area contributed by atoms with Crippen molar-refractivity contribution in [3.8, 4) is 0 Å². The molecule has 17 heavy (non-hydrogen) atoms. The molecule has 0 aromatic carbocycles. The van der Waals surface area contributed by atoms with Crippen LogP contribution in [0.2, 0.25) is 5.15 Å². The summed E-state index contributed by atoms with van der Waals surface area (Å²) in [5.41, 5.74) is 0. The largest absolute Gasteiger partial charge is 0.309 e. The highest BCUT2D eigenvalue weighted by Gasteiger charge is 2.15. The molecule has 0 aliphatic rings. The van der Waals surface area contributed by atoms with Gasteiger partial charge in [-0.1, -0.05) is 17.7 Å². The lowest BCUT2D eigenvalue weighted by molar-refractivity contribution is -0.119. The number of carbonyl (C=O) groups excluding carboxylic acids is 1. The fourth-order valence-electron chi connectivity index (χ4n) is 1.25. The molecule has 7 heteroatoms. The molecule has 2 aromatic heterocycles. The highest BCUT2D eigenvalue weighted by molar-refractivity contribution is 6.29. The van der Waals surface area contributed by atoms with Crippen LogP contribution >= 0.6 is 11.6 Å². The minimum Gasteiger partial charge on any atom is -0.309 e. The van der Waals surface area contributed by atoms with Crippen LogP contribution in [0.4, 0.5) is 5.82 Å². The SMILES string of the molecule is CC(C(=O)Nc1cccc(Cl)n1)n1cncn1. The van der Waals surface area contributed by atoms with E-state index in [1.54, 1.807) is 25.1 Å². The van der Waals surface area contributed by atoms with E-state index in [-0.39, 0.29) is 5.91 Å². The Hall–Kier alpha value is -1.95. The van der Waals surface area contributed by atoms with E-state index in [2.05, 4.69) is 20.4 Å². The van der Waals surface area contributed by atoms with Gasteiger partial charge in [-0.25, -0.2) is 14.6 Å². The average Bonchev–Trinajstić information content (AvgIpc) is 2.81. The van der Waals surface area contributed by atoms with Gasteiger partial charge in [-0.3, -0.25) is 4.79 Å². The number of carbonyl (C=O) groups is 1. The van der Waals surface area contributed by atoms with Gasteiger partial charge in [0.2, 0.25) is 5.91 Å². The minimum atomic E-state index is -0.460. The molecule has 88 valence electrons. The highest BCUT2D eigenvalue weighted by Crippen LogP contribution is 2.11. The van der Waals surface area contributed by atoms with Gasteiger partial charge in [0.15, 0.2) is 0 Å². The van der Waals surface area contributed by atoms with E-state index >= 15 is 0 Å². The van der Waals surface area contributed by atoms with Crippen LogP contribution < -0.4 is 5.32 Å². The molecule has 0 spiro atoms. The third-order valence-electron chi connectivity index (χ3n) is 2.18. The Morgan fingerprint density at radius 1 is 1.53 bits per heavy atom. The zero-order chi connectivity index (χ0) is 12.3. The first kappa shape index (κ1) is 11.5. The van der Waals surface area contributed by atoms with Crippen LogP contribution in [0.3, 0.4) is 0 Å². The van der Waals surface area contributed by atoms with Crippen molar-refractivity contribution in [1.29, 1.82) is 0 Å². The summed E-state index contributed by atoms with van der Waals surface area (Å²) in [6.45, 7) is 1.72. The first-order chi connectivity index (χ1) is 8.16. The standard InChI is InChI=1S/C10H10ClN5O/c1-7(16-6-12-5-13-16)10(17)15-9-4-2-3-8(11)14-9/h2-7H,1H3,(H,14,15,17). The van der Waals surface area contributed by atoms with E-state index in [0.717, 1.165) is 0 Å². The normalized spacial score (nSPS) is 12.1. The van der Waals surface area contributed by atoms with Gasteiger partial charge < -0.3 is 5.32 Å². The number of pyridine rings is 1. The van der Waals surface area contributed by atoms with Gasteiger partial charge in [0, 0.05) is 0 Å². The van der Waals surface area contributed by atoms with Crippen molar-refractivity contribution in [3.05, 3.63) is 36.0 Å². The van der Waals surface area contributed by atoms with Gasteiger partial charge in [-0.05, 0) is 19.1 Å². The summed E-state index contributed by atoms with van der Waals surface area (Å²) in [6.07, 6.45) is 2.86. The molecule has 1 N–H and O–H groups in total. The third-order valence-corrected chi connectivity index (χ3v) is 2.39. The lowest BCUT2D eigenvalue weighted by Crippen LogP contribution is -2.24. The molecule has 0 aliphatic heterocycles. The highest BCUT2D eigenvalue weighted by atomic mass is 35.5. The number of nitrogens with one attached hydrogen (secondary N) is 1. The zero-order valence-corrected chi connectivity index (χ0v) is 9.80. The summed E-state index contributed by atoms with van der Waals surface area (Å²) < 4.78 is 1.46. The van der Waals surface area contributed by atoms with Crippen LogP contribution in [0, 0.1) is 0 Å². The molecular weight excluding hydrogens is 242 g/mol. The molecule has 0 aliphatic carbocycles. The molecular formula is C10H10ClN5O. The number of hydrogen-bond donors (Lipinski definition) is 1.